The molecule has 1 aromatic heterocycles. The highest BCUT2D eigenvalue weighted by atomic mass is 16.8. The molecule has 2 amide bonds. The van der Waals surface area contributed by atoms with Crippen LogP contribution in [0.4, 0.5) is 4.79 Å². The lowest BCUT2D eigenvalue weighted by atomic mass is 10.1. The Morgan fingerprint density at radius 3 is 2.33 bits per heavy atom. The van der Waals surface area contributed by atoms with Gasteiger partial charge in [0.2, 0.25) is 11.8 Å². The van der Waals surface area contributed by atoms with Crippen molar-refractivity contribution in [3.63, 3.8) is 0 Å². The quantitative estimate of drug-likeness (QED) is 0.358. The molecule has 13 heteroatoms. The maximum absolute atomic E-state index is 13.6. The summed E-state index contributed by atoms with van der Waals surface area (Å²) in [6.45, 7) is 10.4. The predicted octanol–water partition coefficient (Wildman–Crippen LogP) is 3.39. The lowest BCUT2D eigenvalue weighted by Gasteiger charge is -2.35. The molecule has 1 aromatic carbocycles. The van der Waals surface area contributed by atoms with E-state index in [0.717, 1.165) is 6.42 Å². The Labute approximate surface area is 251 Å². The van der Waals surface area contributed by atoms with E-state index in [9.17, 15) is 19.2 Å². The molecule has 0 aliphatic carbocycles. The number of hydroxylamine groups is 2. The summed E-state index contributed by atoms with van der Waals surface area (Å²) < 4.78 is 15.9. The predicted molar refractivity (Wildman–Crippen MR) is 156 cm³/mol. The van der Waals surface area contributed by atoms with E-state index in [0.29, 0.717) is 18.0 Å². The topological polar surface area (TPSA) is 149 Å². The highest BCUT2D eigenvalue weighted by Crippen LogP contribution is 2.20. The normalized spacial score (nSPS) is 14.4. The van der Waals surface area contributed by atoms with Crippen molar-refractivity contribution in [2.45, 2.75) is 65.5 Å². The van der Waals surface area contributed by atoms with Crippen molar-refractivity contribution in [2.75, 3.05) is 39.4 Å². The van der Waals surface area contributed by atoms with E-state index in [2.05, 4.69) is 15.3 Å². The molecule has 13 nitrogen and oxygen atoms in total. The number of aromatic nitrogens is 2. The highest BCUT2D eigenvalue weighted by molar-refractivity contribution is 5.96. The average molecular weight is 600 g/mol. The van der Waals surface area contributed by atoms with Crippen LogP contribution in [0.5, 0.6) is 5.88 Å². The summed E-state index contributed by atoms with van der Waals surface area (Å²) in [5.41, 5.74) is 0.0142. The number of nitrogens with one attached hydrogen (secondary N) is 1. The Morgan fingerprint density at radius 2 is 1.70 bits per heavy atom. The molecule has 1 atom stereocenters. The molecule has 0 bridgehead atoms. The van der Waals surface area contributed by atoms with Gasteiger partial charge in [-0.25, -0.2) is 9.78 Å². The number of carbonyl (C=O) groups excluding carboxylic acids is 4. The Balaban J connectivity index is 1.79. The first-order valence-corrected chi connectivity index (χ1v) is 14.5. The molecule has 234 valence electrons. The molecule has 0 saturated carbocycles. The fraction of sp³-hybridized carbons (Fsp3) is 0.533. The van der Waals surface area contributed by atoms with Crippen LogP contribution in [0.2, 0.25) is 0 Å². The van der Waals surface area contributed by atoms with Crippen molar-refractivity contribution in [2.24, 2.45) is 0 Å². The van der Waals surface area contributed by atoms with Gasteiger partial charge in [-0.05, 0) is 40.5 Å². The summed E-state index contributed by atoms with van der Waals surface area (Å²) in [7, 11) is 0. The maximum atomic E-state index is 13.6. The Hall–Kier alpha value is -4.26. The fourth-order valence-electron chi connectivity index (χ4n) is 4.15. The SMILES string of the molecule is CCCOc1cc(C(=O)N[C@@H](CCC(=O)OC(C)(C)C)C(=O)N2CCN(OC(=O)OCC)CC2)nc(-c2ccccc2)n1. The molecule has 43 heavy (non-hydrogen) atoms. The molecule has 0 spiro atoms. The number of hydrogen-bond donors (Lipinski definition) is 1. The van der Waals surface area contributed by atoms with Crippen LogP contribution < -0.4 is 10.1 Å². The smallest absolute Gasteiger partial charge is 0.478 e. The zero-order chi connectivity index (χ0) is 31.4. The van der Waals surface area contributed by atoms with Crippen molar-refractivity contribution < 1.29 is 38.2 Å². The van der Waals surface area contributed by atoms with Crippen molar-refractivity contribution in [1.82, 2.24) is 25.2 Å². The van der Waals surface area contributed by atoms with Gasteiger partial charge in [-0.3, -0.25) is 14.4 Å². The van der Waals surface area contributed by atoms with Crippen molar-refractivity contribution in [3.8, 4) is 17.3 Å². The van der Waals surface area contributed by atoms with E-state index in [1.54, 1.807) is 32.6 Å². The minimum absolute atomic E-state index is 0.00877. The standard InChI is InChI=1S/C30H41N5O8/c1-6-19-41-24-20-23(31-26(33-24)21-11-9-8-10-12-21)27(37)32-22(13-14-25(36)42-30(3,4)5)28(38)34-15-17-35(18-16-34)43-29(39)40-7-2/h8-12,20,22H,6-7,13-19H2,1-5H3,(H,32,37)/t22-/m0/s1. The van der Waals surface area contributed by atoms with Crippen molar-refractivity contribution in [1.29, 1.82) is 0 Å². The van der Waals surface area contributed by atoms with Crippen LogP contribution in [0.15, 0.2) is 36.4 Å². The lowest BCUT2D eigenvalue weighted by Crippen LogP contribution is -2.55. The minimum Gasteiger partial charge on any atom is -0.478 e. The number of piperazine rings is 1. The summed E-state index contributed by atoms with van der Waals surface area (Å²) in [6.07, 6.45) is -0.156. The zero-order valence-corrected chi connectivity index (χ0v) is 25.5. The number of esters is 1. The van der Waals surface area contributed by atoms with Gasteiger partial charge < -0.3 is 29.3 Å². The van der Waals surface area contributed by atoms with Gasteiger partial charge in [-0.1, -0.05) is 37.3 Å². The van der Waals surface area contributed by atoms with Gasteiger partial charge in [0.05, 0.1) is 26.3 Å². The number of amides is 2. The van der Waals surface area contributed by atoms with Gasteiger partial charge in [0.15, 0.2) is 5.82 Å². The van der Waals surface area contributed by atoms with E-state index in [4.69, 9.17) is 19.0 Å². The number of carbonyl (C=O) groups is 4. The Kier molecular flexibility index (Phi) is 12.2. The first kappa shape index (κ1) is 33.2. The largest absolute Gasteiger partial charge is 0.527 e. The number of ether oxygens (including phenoxy) is 3. The molecule has 1 saturated heterocycles. The van der Waals surface area contributed by atoms with Crippen LogP contribution in [0.25, 0.3) is 11.4 Å². The molecule has 2 heterocycles. The zero-order valence-electron chi connectivity index (χ0n) is 25.5. The Bertz CT molecular complexity index is 1240. The third-order valence-corrected chi connectivity index (χ3v) is 6.10. The minimum atomic E-state index is -1.05. The summed E-state index contributed by atoms with van der Waals surface area (Å²) in [6, 6.07) is 9.55. The first-order valence-electron chi connectivity index (χ1n) is 14.5. The monoisotopic (exact) mass is 599 g/mol. The number of benzene rings is 1. The number of rotatable bonds is 12. The van der Waals surface area contributed by atoms with Gasteiger partial charge in [-0.2, -0.15) is 4.98 Å². The molecule has 1 aliphatic rings. The molecule has 0 unspecified atom stereocenters. The van der Waals surface area contributed by atoms with Crippen LogP contribution >= 0.6 is 0 Å². The molecule has 0 radical (unpaired) electrons. The van der Waals surface area contributed by atoms with E-state index in [1.807, 2.05) is 37.3 Å². The van der Waals surface area contributed by atoms with Crippen LogP contribution in [0.1, 0.15) is 64.4 Å². The highest BCUT2D eigenvalue weighted by Gasteiger charge is 2.31. The molecular formula is C30H41N5O8. The van der Waals surface area contributed by atoms with E-state index >= 15 is 0 Å². The molecular weight excluding hydrogens is 558 g/mol. The van der Waals surface area contributed by atoms with Crippen molar-refractivity contribution >= 4 is 23.9 Å². The van der Waals surface area contributed by atoms with Gasteiger partial charge >= 0.3 is 12.1 Å². The van der Waals surface area contributed by atoms with Crippen LogP contribution in [-0.2, 0) is 23.9 Å². The first-order chi connectivity index (χ1) is 20.5. The second-order valence-electron chi connectivity index (χ2n) is 10.8. The van der Waals surface area contributed by atoms with Crippen LogP contribution in [0.3, 0.4) is 0 Å². The van der Waals surface area contributed by atoms with Gasteiger partial charge in [0, 0.05) is 31.1 Å². The molecule has 3 rings (SSSR count). The summed E-state index contributed by atoms with van der Waals surface area (Å²) in [5, 5.41) is 4.18. The lowest BCUT2D eigenvalue weighted by molar-refractivity contribution is -0.158. The molecule has 1 N–H and O–H groups in total. The van der Waals surface area contributed by atoms with E-state index < -0.39 is 29.7 Å². The van der Waals surface area contributed by atoms with E-state index in [-0.39, 0.29) is 63.1 Å². The second-order valence-corrected chi connectivity index (χ2v) is 10.8. The van der Waals surface area contributed by atoms with Gasteiger partial charge in [0.25, 0.3) is 5.91 Å². The third-order valence-electron chi connectivity index (χ3n) is 6.10. The summed E-state index contributed by atoms with van der Waals surface area (Å²) in [5.74, 6) is -0.958. The molecule has 1 fully saturated rings. The van der Waals surface area contributed by atoms with E-state index in [1.165, 1.54) is 11.1 Å². The third kappa shape index (κ3) is 10.8. The van der Waals surface area contributed by atoms with Crippen LogP contribution in [-0.4, -0.2) is 94.9 Å². The van der Waals surface area contributed by atoms with Gasteiger partial charge in [0.1, 0.15) is 17.3 Å². The number of hydrogen-bond acceptors (Lipinski definition) is 11. The van der Waals surface area contributed by atoms with Crippen molar-refractivity contribution in [3.05, 3.63) is 42.1 Å². The van der Waals surface area contributed by atoms with Crippen LogP contribution in [0, 0.1) is 0 Å². The fourth-order valence-corrected chi connectivity index (χ4v) is 4.15. The maximum Gasteiger partial charge on any atom is 0.527 e. The number of nitrogens with zero attached hydrogens (tertiary/aromatic N) is 4. The Morgan fingerprint density at radius 1 is 1.00 bits per heavy atom. The second kappa shape index (κ2) is 15.8. The van der Waals surface area contributed by atoms with Gasteiger partial charge in [-0.15, -0.1) is 5.06 Å². The molecule has 1 aliphatic heterocycles. The molecule has 2 aromatic rings. The summed E-state index contributed by atoms with van der Waals surface area (Å²) >= 11 is 0. The average Bonchev–Trinajstić information content (AvgIpc) is 2.97. The summed E-state index contributed by atoms with van der Waals surface area (Å²) in [4.78, 5) is 66.9.